The van der Waals surface area contributed by atoms with E-state index in [9.17, 15) is 14.4 Å². The zero-order valence-electron chi connectivity index (χ0n) is 14.2. The van der Waals surface area contributed by atoms with E-state index in [1.54, 1.807) is 0 Å². The van der Waals surface area contributed by atoms with Crippen LogP contribution in [0.3, 0.4) is 0 Å². The molecule has 1 fully saturated rings. The van der Waals surface area contributed by atoms with Gasteiger partial charge in [0.25, 0.3) is 0 Å². The number of carbonyl (C=O) groups excluding carboxylic acids is 3. The third kappa shape index (κ3) is 5.44. The van der Waals surface area contributed by atoms with Gasteiger partial charge in [0.1, 0.15) is 0 Å². The number of anilines is 1. The maximum Gasteiger partial charge on any atom is 0.337 e. The lowest BCUT2D eigenvalue weighted by Gasteiger charge is -2.23. The molecule has 1 unspecified atom stereocenters. The number of ether oxygens (including phenoxy) is 2. The van der Waals surface area contributed by atoms with E-state index in [4.69, 9.17) is 16.3 Å². The molecular formula is C17H21ClN2O5. The van der Waals surface area contributed by atoms with E-state index in [0.29, 0.717) is 13.2 Å². The van der Waals surface area contributed by atoms with Crippen molar-refractivity contribution in [1.29, 1.82) is 0 Å². The molecule has 1 aliphatic heterocycles. The number of esters is 1. The van der Waals surface area contributed by atoms with Gasteiger partial charge in [-0.3, -0.25) is 9.59 Å². The molecule has 8 heteroatoms. The minimum Gasteiger partial charge on any atom is -0.465 e. The second-order valence-corrected chi connectivity index (χ2v) is 6.18. The van der Waals surface area contributed by atoms with Crippen LogP contribution in [0.25, 0.3) is 0 Å². The Morgan fingerprint density at radius 1 is 1.40 bits per heavy atom. The molecule has 2 rings (SSSR count). The van der Waals surface area contributed by atoms with Crippen LogP contribution >= 0.6 is 11.6 Å². The summed E-state index contributed by atoms with van der Waals surface area (Å²) in [5.41, 5.74) is 0.556. The van der Waals surface area contributed by atoms with Gasteiger partial charge in [-0.15, -0.1) is 0 Å². The molecule has 1 heterocycles. The van der Waals surface area contributed by atoms with E-state index in [0.717, 1.165) is 12.8 Å². The highest BCUT2D eigenvalue weighted by molar-refractivity contribution is 6.33. The minimum absolute atomic E-state index is 0.0389. The zero-order chi connectivity index (χ0) is 18.4. The fraction of sp³-hybridized carbons (Fsp3) is 0.471. The normalized spacial score (nSPS) is 16.4. The Hall–Kier alpha value is -2.12. The maximum atomic E-state index is 12.3. The molecule has 1 aromatic carbocycles. The average Bonchev–Trinajstić information content (AvgIpc) is 3.08. The number of hydrogen-bond donors (Lipinski definition) is 1. The summed E-state index contributed by atoms with van der Waals surface area (Å²) >= 11 is 6.06. The lowest BCUT2D eigenvalue weighted by molar-refractivity contribution is -0.134. The van der Waals surface area contributed by atoms with Crippen molar-refractivity contribution in [3.8, 4) is 0 Å². The van der Waals surface area contributed by atoms with Gasteiger partial charge in [-0.05, 0) is 31.0 Å². The topological polar surface area (TPSA) is 84.9 Å². The van der Waals surface area contributed by atoms with Gasteiger partial charge in [0.15, 0.2) is 0 Å². The first-order chi connectivity index (χ1) is 11.9. The average molecular weight is 369 g/mol. The van der Waals surface area contributed by atoms with Gasteiger partial charge in [-0.2, -0.15) is 0 Å². The van der Waals surface area contributed by atoms with Gasteiger partial charge < -0.3 is 19.7 Å². The zero-order valence-corrected chi connectivity index (χ0v) is 15.0. The Kier molecular flexibility index (Phi) is 6.78. The summed E-state index contributed by atoms with van der Waals surface area (Å²) in [6.07, 6.45) is 1.79. The number of rotatable bonds is 6. The largest absolute Gasteiger partial charge is 0.465 e. The van der Waals surface area contributed by atoms with E-state index in [1.165, 1.54) is 37.1 Å². The lowest BCUT2D eigenvalue weighted by atomic mass is 10.2. The number of nitrogens with zero attached hydrogens (tertiary/aromatic N) is 1. The van der Waals surface area contributed by atoms with E-state index in [2.05, 4.69) is 10.1 Å². The van der Waals surface area contributed by atoms with Crippen LogP contribution in [0.2, 0.25) is 5.02 Å². The van der Waals surface area contributed by atoms with Crippen molar-refractivity contribution < 1.29 is 23.9 Å². The van der Waals surface area contributed by atoms with Crippen molar-refractivity contribution in [2.75, 3.05) is 32.1 Å². The van der Waals surface area contributed by atoms with Crippen LogP contribution in [0.1, 0.15) is 30.1 Å². The van der Waals surface area contributed by atoms with Crippen molar-refractivity contribution in [1.82, 2.24) is 4.90 Å². The van der Waals surface area contributed by atoms with Crippen molar-refractivity contribution in [2.45, 2.75) is 25.9 Å². The van der Waals surface area contributed by atoms with Gasteiger partial charge in [0.05, 0.1) is 36.0 Å². The Morgan fingerprint density at radius 3 is 2.76 bits per heavy atom. The van der Waals surface area contributed by atoms with E-state index >= 15 is 0 Å². The number of hydrogen-bond acceptors (Lipinski definition) is 5. The molecule has 136 valence electrons. The van der Waals surface area contributed by atoms with Crippen molar-refractivity contribution >= 4 is 35.1 Å². The second-order valence-electron chi connectivity index (χ2n) is 5.77. The quantitative estimate of drug-likeness (QED) is 0.777. The summed E-state index contributed by atoms with van der Waals surface area (Å²) in [6, 6.07) is 4.44. The summed E-state index contributed by atoms with van der Waals surface area (Å²) in [4.78, 5) is 37.1. The molecule has 1 aromatic rings. The first-order valence-corrected chi connectivity index (χ1v) is 8.33. The molecule has 1 saturated heterocycles. The van der Waals surface area contributed by atoms with Crippen LogP contribution in [-0.2, 0) is 19.1 Å². The smallest absolute Gasteiger partial charge is 0.337 e. The molecular weight excluding hydrogens is 348 g/mol. The van der Waals surface area contributed by atoms with Gasteiger partial charge in [-0.25, -0.2) is 4.79 Å². The molecule has 0 aliphatic carbocycles. The van der Waals surface area contributed by atoms with Crippen molar-refractivity contribution in [3.63, 3.8) is 0 Å². The highest BCUT2D eigenvalue weighted by Gasteiger charge is 2.22. The van der Waals surface area contributed by atoms with E-state index < -0.39 is 11.9 Å². The Balaban J connectivity index is 2.02. The van der Waals surface area contributed by atoms with Gasteiger partial charge in [0.2, 0.25) is 11.8 Å². The van der Waals surface area contributed by atoms with Crippen LogP contribution in [0.4, 0.5) is 5.69 Å². The van der Waals surface area contributed by atoms with Gasteiger partial charge in [0, 0.05) is 20.1 Å². The van der Waals surface area contributed by atoms with E-state index in [-0.39, 0.29) is 34.8 Å². The molecule has 0 radical (unpaired) electrons. The predicted octanol–water partition coefficient (Wildman–Crippen LogP) is 2.09. The Bertz CT molecular complexity index is 658. The number of carbonyl (C=O) groups is 3. The number of benzene rings is 1. The number of nitrogens with one attached hydrogen (secondary N) is 1. The summed E-state index contributed by atoms with van der Waals surface area (Å²) in [7, 11) is 1.27. The standard InChI is InChI=1S/C17H21ClN2O5/c1-11(21)20(9-13-4-3-7-25-13)10-16(22)19-15-8-12(17(23)24-2)5-6-14(15)18/h5-6,8,13H,3-4,7,9-10H2,1-2H3,(H,19,22). The summed E-state index contributed by atoms with van der Waals surface area (Å²) in [5.74, 6) is -1.15. The molecule has 1 N–H and O–H groups in total. The third-order valence-electron chi connectivity index (χ3n) is 3.89. The van der Waals surface area contributed by atoms with E-state index in [1.807, 2.05) is 0 Å². The summed E-state index contributed by atoms with van der Waals surface area (Å²) in [6.45, 7) is 2.35. The maximum absolute atomic E-state index is 12.3. The predicted molar refractivity (Wildman–Crippen MR) is 92.6 cm³/mol. The molecule has 25 heavy (non-hydrogen) atoms. The molecule has 7 nitrogen and oxygen atoms in total. The Labute approximate surface area is 151 Å². The second kappa shape index (κ2) is 8.82. The summed E-state index contributed by atoms with van der Waals surface area (Å²) < 4.78 is 10.2. The monoisotopic (exact) mass is 368 g/mol. The molecule has 0 bridgehead atoms. The van der Waals surface area contributed by atoms with Crippen LogP contribution in [0, 0.1) is 0 Å². The molecule has 1 atom stereocenters. The van der Waals surface area contributed by atoms with Crippen LogP contribution in [-0.4, -0.2) is 55.6 Å². The van der Waals surface area contributed by atoms with Crippen LogP contribution < -0.4 is 5.32 Å². The SMILES string of the molecule is COC(=O)c1ccc(Cl)c(NC(=O)CN(CC2CCCO2)C(C)=O)c1. The van der Waals surface area contributed by atoms with Gasteiger partial charge >= 0.3 is 5.97 Å². The highest BCUT2D eigenvalue weighted by Crippen LogP contribution is 2.23. The molecule has 0 aromatic heterocycles. The summed E-state index contributed by atoms with van der Waals surface area (Å²) in [5, 5.41) is 2.91. The number of halogens is 1. The Morgan fingerprint density at radius 2 is 2.16 bits per heavy atom. The first kappa shape index (κ1) is 19.2. The fourth-order valence-corrected chi connectivity index (χ4v) is 2.73. The minimum atomic E-state index is -0.532. The van der Waals surface area contributed by atoms with Crippen molar-refractivity contribution in [2.24, 2.45) is 0 Å². The molecule has 0 saturated carbocycles. The van der Waals surface area contributed by atoms with Crippen LogP contribution in [0.5, 0.6) is 0 Å². The first-order valence-electron chi connectivity index (χ1n) is 7.95. The molecule has 2 amide bonds. The highest BCUT2D eigenvalue weighted by atomic mass is 35.5. The van der Waals surface area contributed by atoms with Crippen molar-refractivity contribution in [3.05, 3.63) is 28.8 Å². The molecule has 0 spiro atoms. The third-order valence-corrected chi connectivity index (χ3v) is 4.22. The fourth-order valence-electron chi connectivity index (χ4n) is 2.57. The number of amides is 2. The lowest BCUT2D eigenvalue weighted by Crippen LogP contribution is -2.41. The molecule has 1 aliphatic rings. The van der Waals surface area contributed by atoms with Gasteiger partial charge in [-0.1, -0.05) is 11.6 Å². The van der Waals surface area contributed by atoms with Crippen LogP contribution in [0.15, 0.2) is 18.2 Å². The number of methoxy groups -OCH3 is 1.